The standard InChI is InChI=1S/C16H21N3O4S/c1-19-10-12(9-17-19)16(11-6-13(20)7-11)18-24(21,22)15-5-3-4-14(8-15)23-2/h3-5,8-11,13,16,18,20H,6-7H2,1-2H3/t11?,13?,16-/m0/s1. The number of aryl methyl sites for hydroxylation is 1. The molecule has 1 saturated carbocycles. The summed E-state index contributed by atoms with van der Waals surface area (Å²) in [5.74, 6) is 0.527. The molecule has 1 aromatic heterocycles. The first kappa shape index (κ1) is 16.9. The second-order valence-corrected chi connectivity index (χ2v) is 7.82. The van der Waals surface area contributed by atoms with Crippen LogP contribution in [-0.4, -0.2) is 36.5 Å². The molecule has 1 aliphatic carbocycles. The smallest absolute Gasteiger partial charge is 0.241 e. The van der Waals surface area contributed by atoms with Crippen LogP contribution in [0.1, 0.15) is 24.4 Å². The minimum atomic E-state index is -3.72. The van der Waals surface area contributed by atoms with Gasteiger partial charge in [0.2, 0.25) is 10.0 Å². The van der Waals surface area contributed by atoms with Gasteiger partial charge in [0.1, 0.15) is 5.75 Å². The molecular weight excluding hydrogens is 330 g/mol. The number of methoxy groups -OCH3 is 1. The summed E-state index contributed by atoms with van der Waals surface area (Å²) in [6, 6.07) is 5.93. The molecule has 0 bridgehead atoms. The van der Waals surface area contributed by atoms with Crippen molar-refractivity contribution in [3.8, 4) is 5.75 Å². The fraction of sp³-hybridized carbons (Fsp3) is 0.438. The Hall–Kier alpha value is -1.90. The quantitative estimate of drug-likeness (QED) is 0.816. The van der Waals surface area contributed by atoms with Gasteiger partial charge in [-0.25, -0.2) is 13.1 Å². The molecule has 1 aliphatic rings. The van der Waals surface area contributed by atoms with Crippen LogP contribution in [0.2, 0.25) is 0 Å². The van der Waals surface area contributed by atoms with Gasteiger partial charge >= 0.3 is 0 Å². The number of aliphatic hydroxyl groups excluding tert-OH is 1. The summed E-state index contributed by atoms with van der Waals surface area (Å²) in [5, 5.41) is 13.7. The number of sulfonamides is 1. The molecule has 7 nitrogen and oxygen atoms in total. The number of aromatic nitrogens is 2. The van der Waals surface area contributed by atoms with Gasteiger partial charge in [-0.2, -0.15) is 5.10 Å². The fourth-order valence-corrected chi connectivity index (χ4v) is 4.27. The zero-order valence-corrected chi connectivity index (χ0v) is 14.4. The van der Waals surface area contributed by atoms with Crippen molar-refractivity contribution in [2.75, 3.05) is 7.11 Å². The highest BCUT2D eigenvalue weighted by Gasteiger charge is 2.37. The summed E-state index contributed by atoms with van der Waals surface area (Å²) in [6.07, 6.45) is 4.23. The molecule has 1 heterocycles. The van der Waals surface area contributed by atoms with Crippen LogP contribution in [0.25, 0.3) is 0 Å². The molecule has 24 heavy (non-hydrogen) atoms. The number of hydrogen-bond donors (Lipinski definition) is 2. The highest BCUT2D eigenvalue weighted by Crippen LogP contribution is 2.38. The molecule has 0 spiro atoms. The summed E-state index contributed by atoms with van der Waals surface area (Å²) in [4.78, 5) is 0.149. The van der Waals surface area contributed by atoms with Crippen molar-refractivity contribution in [2.24, 2.45) is 13.0 Å². The topological polar surface area (TPSA) is 93.5 Å². The molecule has 0 saturated heterocycles. The molecule has 1 fully saturated rings. The molecule has 2 aromatic rings. The number of rotatable bonds is 6. The molecule has 8 heteroatoms. The first-order chi connectivity index (χ1) is 11.4. The van der Waals surface area contributed by atoms with Crippen molar-refractivity contribution < 1.29 is 18.3 Å². The molecule has 0 radical (unpaired) electrons. The Labute approximate surface area is 141 Å². The van der Waals surface area contributed by atoms with Crippen molar-refractivity contribution in [1.29, 1.82) is 0 Å². The predicted molar refractivity (Wildman–Crippen MR) is 88.0 cm³/mol. The molecule has 1 aromatic carbocycles. The normalized spacial score (nSPS) is 22.0. The molecule has 2 N–H and O–H groups in total. The molecule has 0 unspecified atom stereocenters. The first-order valence-corrected chi connectivity index (χ1v) is 9.20. The van der Waals surface area contributed by atoms with E-state index in [9.17, 15) is 13.5 Å². The van der Waals surface area contributed by atoms with Crippen LogP contribution in [-0.2, 0) is 17.1 Å². The Balaban J connectivity index is 1.88. The zero-order valence-electron chi connectivity index (χ0n) is 13.6. The Bertz CT molecular complexity index is 812. The van der Waals surface area contributed by atoms with E-state index in [4.69, 9.17) is 4.74 Å². The maximum atomic E-state index is 12.8. The van der Waals surface area contributed by atoms with Gasteiger partial charge in [0, 0.05) is 24.9 Å². The molecule has 0 amide bonds. The summed E-state index contributed by atoms with van der Waals surface area (Å²) >= 11 is 0. The van der Waals surface area contributed by atoms with Crippen LogP contribution in [0, 0.1) is 5.92 Å². The van der Waals surface area contributed by atoms with Crippen LogP contribution >= 0.6 is 0 Å². The number of nitrogens with one attached hydrogen (secondary N) is 1. The van der Waals surface area contributed by atoms with E-state index >= 15 is 0 Å². The van der Waals surface area contributed by atoms with E-state index in [2.05, 4.69) is 9.82 Å². The maximum absolute atomic E-state index is 12.8. The Morgan fingerprint density at radius 1 is 1.42 bits per heavy atom. The third-order valence-corrected chi connectivity index (χ3v) is 5.78. The second-order valence-electron chi connectivity index (χ2n) is 6.11. The maximum Gasteiger partial charge on any atom is 0.241 e. The number of hydrogen-bond acceptors (Lipinski definition) is 5. The number of benzene rings is 1. The van der Waals surface area contributed by atoms with Crippen molar-refractivity contribution in [1.82, 2.24) is 14.5 Å². The van der Waals surface area contributed by atoms with Crippen molar-refractivity contribution >= 4 is 10.0 Å². The van der Waals surface area contributed by atoms with Crippen molar-refractivity contribution in [3.63, 3.8) is 0 Å². The van der Waals surface area contributed by atoms with Gasteiger partial charge in [0.05, 0.1) is 30.3 Å². The number of ether oxygens (including phenoxy) is 1. The van der Waals surface area contributed by atoms with E-state index in [0.717, 1.165) is 5.56 Å². The third kappa shape index (κ3) is 3.45. The van der Waals surface area contributed by atoms with Crippen LogP contribution in [0.5, 0.6) is 5.75 Å². The summed E-state index contributed by atoms with van der Waals surface area (Å²) in [5.41, 5.74) is 0.792. The van der Waals surface area contributed by atoms with E-state index in [-0.39, 0.29) is 16.9 Å². The van der Waals surface area contributed by atoms with Crippen LogP contribution < -0.4 is 9.46 Å². The average molecular weight is 351 g/mol. The van der Waals surface area contributed by atoms with E-state index in [0.29, 0.717) is 18.6 Å². The summed E-state index contributed by atoms with van der Waals surface area (Å²) in [7, 11) is -0.440. The van der Waals surface area contributed by atoms with Crippen molar-refractivity contribution in [2.45, 2.75) is 29.9 Å². The van der Waals surface area contributed by atoms with Gasteiger partial charge in [0.15, 0.2) is 0 Å². The van der Waals surface area contributed by atoms with E-state index in [1.807, 2.05) is 0 Å². The SMILES string of the molecule is COc1cccc(S(=O)(=O)N[C@H](c2cnn(C)c2)C2CC(O)C2)c1. The minimum absolute atomic E-state index is 0.0459. The average Bonchev–Trinajstić information content (AvgIpc) is 2.96. The first-order valence-electron chi connectivity index (χ1n) is 7.72. The lowest BCUT2D eigenvalue weighted by Crippen LogP contribution is -2.41. The highest BCUT2D eigenvalue weighted by atomic mass is 32.2. The van der Waals surface area contributed by atoms with E-state index in [1.165, 1.54) is 19.2 Å². The lowest BCUT2D eigenvalue weighted by atomic mass is 9.76. The molecular formula is C16H21N3O4S. The predicted octanol–water partition coefficient (Wildman–Crippen LogP) is 1.22. The van der Waals surface area contributed by atoms with Gasteiger partial charge in [0.25, 0.3) is 0 Å². The second kappa shape index (κ2) is 6.54. The van der Waals surface area contributed by atoms with Gasteiger partial charge in [-0.3, -0.25) is 4.68 Å². The van der Waals surface area contributed by atoms with Crippen LogP contribution in [0.4, 0.5) is 0 Å². The molecule has 130 valence electrons. The van der Waals surface area contributed by atoms with Crippen LogP contribution in [0.15, 0.2) is 41.6 Å². The number of aliphatic hydroxyl groups is 1. The lowest BCUT2D eigenvalue weighted by Gasteiger charge is -2.37. The van der Waals surface area contributed by atoms with E-state index < -0.39 is 16.1 Å². The molecule has 0 aliphatic heterocycles. The largest absolute Gasteiger partial charge is 0.497 e. The zero-order chi connectivity index (χ0) is 17.3. The Kier molecular flexibility index (Phi) is 4.62. The lowest BCUT2D eigenvalue weighted by molar-refractivity contribution is 0.0280. The highest BCUT2D eigenvalue weighted by molar-refractivity contribution is 7.89. The Morgan fingerprint density at radius 2 is 2.17 bits per heavy atom. The van der Waals surface area contributed by atoms with Crippen molar-refractivity contribution in [3.05, 3.63) is 42.2 Å². The third-order valence-electron chi connectivity index (χ3n) is 4.34. The summed E-state index contributed by atoms with van der Waals surface area (Å²) < 4.78 is 35.0. The van der Waals surface area contributed by atoms with Gasteiger partial charge in [-0.05, 0) is 30.9 Å². The van der Waals surface area contributed by atoms with Gasteiger partial charge in [-0.15, -0.1) is 0 Å². The van der Waals surface area contributed by atoms with Gasteiger partial charge in [-0.1, -0.05) is 6.07 Å². The molecule has 1 atom stereocenters. The van der Waals surface area contributed by atoms with E-state index in [1.54, 1.807) is 36.3 Å². The number of nitrogens with zero attached hydrogens (tertiary/aromatic N) is 2. The van der Waals surface area contributed by atoms with Crippen LogP contribution in [0.3, 0.4) is 0 Å². The fourth-order valence-electron chi connectivity index (χ4n) is 2.94. The minimum Gasteiger partial charge on any atom is -0.497 e. The summed E-state index contributed by atoms with van der Waals surface area (Å²) in [6.45, 7) is 0. The van der Waals surface area contributed by atoms with Gasteiger partial charge < -0.3 is 9.84 Å². The monoisotopic (exact) mass is 351 g/mol. The Morgan fingerprint density at radius 3 is 2.75 bits per heavy atom. The molecule has 3 rings (SSSR count).